The summed E-state index contributed by atoms with van der Waals surface area (Å²) in [5, 5.41) is 2.89. The fourth-order valence-electron chi connectivity index (χ4n) is 2.76. The van der Waals surface area contributed by atoms with E-state index < -0.39 is 0 Å². The van der Waals surface area contributed by atoms with Gasteiger partial charge in [0.25, 0.3) is 0 Å². The lowest BCUT2D eigenvalue weighted by Gasteiger charge is -2.35. The number of nitrogens with zero attached hydrogens (tertiary/aromatic N) is 2. The van der Waals surface area contributed by atoms with Crippen LogP contribution in [0.2, 0.25) is 4.34 Å². The number of amides is 1. The Balaban J connectivity index is 0.00000144. The molecule has 1 aliphatic heterocycles. The predicted molar refractivity (Wildman–Crippen MR) is 107 cm³/mol. The van der Waals surface area contributed by atoms with Crippen LogP contribution in [-0.4, -0.2) is 34.9 Å². The van der Waals surface area contributed by atoms with E-state index in [0.717, 1.165) is 45.7 Å². The predicted octanol–water partition coefficient (Wildman–Crippen LogP) is 4.25. The van der Waals surface area contributed by atoms with Crippen LogP contribution in [0.4, 0.5) is 0 Å². The Bertz CT molecular complexity index is 662. The van der Waals surface area contributed by atoms with Gasteiger partial charge in [-0.1, -0.05) is 11.6 Å². The van der Waals surface area contributed by atoms with Crippen molar-refractivity contribution in [3.63, 3.8) is 0 Å². The van der Waals surface area contributed by atoms with Gasteiger partial charge < -0.3 is 10.6 Å². The van der Waals surface area contributed by atoms with Crippen molar-refractivity contribution in [2.75, 3.05) is 13.1 Å². The Morgan fingerprint density at radius 1 is 1.38 bits per heavy atom. The third-order valence-corrected chi connectivity index (χ3v) is 6.18. The molecular weight excluding hydrogens is 409 g/mol. The van der Waals surface area contributed by atoms with Crippen LogP contribution in [0.3, 0.4) is 0 Å². The maximum absolute atomic E-state index is 12.5. The van der Waals surface area contributed by atoms with Gasteiger partial charge in [-0.3, -0.25) is 4.79 Å². The summed E-state index contributed by atoms with van der Waals surface area (Å²) < 4.78 is 0.752. The zero-order chi connectivity index (χ0) is 15.5. The Kier molecular flexibility index (Phi) is 8.98. The molecule has 1 aliphatic rings. The molecule has 2 aromatic rings. The third-order valence-electron chi connectivity index (χ3n) is 3.89. The number of thiophene rings is 1. The van der Waals surface area contributed by atoms with Crippen LogP contribution in [0.5, 0.6) is 0 Å². The highest BCUT2D eigenvalue weighted by Gasteiger charge is 2.26. The Hall–Kier alpha value is -0.370. The van der Waals surface area contributed by atoms with Crippen molar-refractivity contribution in [3.8, 4) is 9.88 Å². The molecule has 24 heavy (non-hydrogen) atoms. The first-order chi connectivity index (χ1) is 10.7. The molecule has 134 valence electrons. The second-order valence-electron chi connectivity index (χ2n) is 5.40. The second kappa shape index (κ2) is 9.94. The van der Waals surface area contributed by atoms with Crippen LogP contribution in [0, 0.1) is 0 Å². The molecule has 0 bridgehead atoms. The average Bonchev–Trinajstić information content (AvgIpc) is 3.16. The van der Waals surface area contributed by atoms with E-state index in [2.05, 4.69) is 4.98 Å². The number of nitrogens with two attached hydrogens (primary N) is 1. The highest BCUT2D eigenvalue weighted by molar-refractivity contribution is 7.23. The lowest BCUT2D eigenvalue weighted by Crippen LogP contribution is -2.48. The van der Waals surface area contributed by atoms with Crippen LogP contribution >= 0.6 is 59.1 Å². The fourth-order valence-corrected chi connectivity index (χ4v) is 4.70. The molecule has 1 unspecified atom stereocenters. The lowest BCUT2D eigenvalue weighted by molar-refractivity contribution is -0.133. The number of halogens is 3. The van der Waals surface area contributed by atoms with Gasteiger partial charge in [-0.25, -0.2) is 4.98 Å². The first kappa shape index (κ1) is 21.7. The van der Waals surface area contributed by atoms with E-state index >= 15 is 0 Å². The van der Waals surface area contributed by atoms with Crippen molar-refractivity contribution in [3.05, 3.63) is 27.5 Å². The van der Waals surface area contributed by atoms with Crippen molar-refractivity contribution < 1.29 is 4.79 Å². The van der Waals surface area contributed by atoms with Gasteiger partial charge in [0.2, 0.25) is 5.91 Å². The summed E-state index contributed by atoms with van der Waals surface area (Å²) in [4.78, 5) is 20.1. The molecule has 9 heteroatoms. The Morgan fingerprint density at radius 2 is 2.17 bits per heavy atom. The number of hydrogen-bond acceptors (Lipinski definition) is 5. The van der Waals surface area contributed by atoms with Gasteiger partial charge in [0.05, 0.1) is 21.3 Å². The van der Waals surface area contributed by atoms with E-state index in [0.29, 0.717) is 13.0 Å². The van der Waals surface area contributed by atoms with Crippen LogP contribution in [0.15, 0.2) is 17.5 Å². The Labute approximate surface area is 167 Å². The normalized spacial score (nSPS) is 17.1. The number of carbonyl (C=O) groups excluding carboxylic acids is 1. The average molecular weight is 429 g/mol. The molecule has 0 saturated carbocycles. The molecule has 0 radical (unpaired) electrons. The van der Waals surface area contributed by atoms with E-state index in [9.17, 15) is 4.79 Å². The molecule has 0 aromatic carbocycles. The topological polar surface area (TPSA) is 59.2 Å². The largest absolute Gasteiger partial charge is 0.338 e. The summed E-state index contributed by atoms with van der Waals surface area (Å²) in [5.41, 5.74) is 6.62. The summed E-state index contributed by atoms with van der Waals surface area (Å²) >= 11 is 9.02. The van der Waals surface area contributed by atoms with Crippen LogP contribution in [0.1, 0.15) is 25.0 Å². The smallest absolute Gasteiger partial charge is 0.228 e. The molecule has 0 spiro atoms. The van der Waals surface area contributed by atoms with E-state index in [-0.39, 0.29) is 36.8 Å². The molecule has 1 fully saturated rings. The van der Waals surface area contributed by atoms with E-state index in [1.54, 1.807) is 11.3 Å². The van der Waals surface area contributed by atoms with Gasteiger partial charge in [0, 0.05) is 24.5 Å². The summed E-state index contributed by atoms with van der Waals surface area (Å²) in [6.45, 7) is 1.36. The standard InChI is InChI=1S/C15H18ClN3OS2.2ClH/c16-13-5-4-12(22-13)15-18-10(9-21-15)7-14(20)19-6-2-1-3-11(19)8-17;;/h4-5,9,11H,1-3,6-8,17H2;2*1H. The zero-order valence-electron chi connectivity index (χ0n) is 12.9. The van der Waals surface area contributed by atoms with Crippen molar-refractivity contribution in [1.29, 1.82) is 0 Å². The van der Waals surface area contributed by atoms with Crippen molar-refractivity contribution in [2.24, 2.45) is 5.73 Å². The number of aromatic nitrogens is 1. The van der Waals surface area contributed by atoms with Gasteiger partial charge in [-0.15, -0.1) is 47.5 Å². The van der Waals surface area contributed by atoms with Crippen LogP contribution in [0.25, 0.3) is 9.88 Å². The first-order valence-corrected chi connectivity index (χ1v) is 9.44. The lowest BCUT2D eigenvalue weighted by atomic mass is 10.0. The van der Waals surface area contributed by atoms with Crippen molar-refractivity contribution in [1.82, 2.24) is 9.88 Å². The molecule has 0 aliphatic carbocycles. The monoisotopic (exact) mass is 427 g/mol. The number of likely N-dealkylation sites (tertiary alicyclic amines) is 1. The van der Waals surface area contributed by atoms with Crippen LogP contribution < -0.4 is 5.73 Å². The molecule has 1 amide bonds. The van der Waals surface area contributed by atoms with Crippen LogP contribution in [-0.2, 0) is 11.2 Å². The number of thiazole rings is 1. The zero-order valence-corrected chi connectivity index (χ0v) is 17.0. The minimum absolute atomic E-state index is 0. The molecule has 2 aromatic heterocycles. The van der Waals surface area contributed by atoms with Gasteiger partial charge in [0.15, 0.2) is 0 Å². The maximum Gasteiger partial charge on any atom is 0.228 e. The minimum Gasteiger partial charge on any atom is -0.338 e. The van der Waals surface area contributed by atoms with Gasteiger partial charge in [0.1, 0.15) is 5.01 Å². The second-order valence-corrected chi connectivity index (χ2v) is 7.97. The quantitative estimate of drug-likeness (QED) is 0.792. The fraction of sp³-hybridized carbons (Fsp3) is 0.467. The third kappa shape index (κ3) is 5.07. The summed E-state index contributed by atoms with van der Waals surface area (Å²) in [6, 6.07) is 4.02. The highest BCUT2D eigenvalue weighted by Crippen LogP contribution is 2.33. The Morgan fingerprint density at radius 3 is 2.83 bits per heavy atom. The van der Waals surface area contributed by atoms with Crippen molar-refractivity contribution in [2.45, 2.75) is 31.7 Å². The number of piperidine rings is 1. The summed E-state index contributed by atoms with van der Waals surface area (Å²) in [5.74, 6) is 0.135. The maximum atomic E-state index is 12.5. The summed E-state index contributed by atoms with van der Waals surface area (Å²) in [6.07, 6.45) is 3.59. The molecular formula is C15H20Cl3N3OS2. The van der Waals surface area contributed by atoms with Gasteiger partial charge in [-0.2, -0.15) is 0 Å². The summed E-state index contributed by atoms with van der Waals surface area (Å²) in [7, 11) is 0. The molecule has 1 atom stereocenters. The first-order valence-electron chi connectivity index (χ1n) is 7.37. The molecule has 2 N–H and O–H groups in total. The SMILES string of the molecule is Cl.Cl.NCC1CCCCN1C(=O)Cc1csc(-c2ccc(Cl)s2)n1. The number of rotatable bonds is 4. The highest BCUT2D eigenvalue weighted by atomic mass is 35.5. The number of hydrogen-bond donors (Lipinski definition) is 1. The van der Waals surface area contributed by atoms with Crippen molar-refractivity contribution >= 4 is 65.0 Å². The number of carbonyl (C=O) groups is 1. The van der Waals surface area contributed by atoms with Gasteiger partial charge >= 0.3 is 0 Å². The molecule has 4 nitrogen and oxygen atoms in total. The molecule has 1 saturated heterocycles. The molecule has 3 rings (SSSR count). The van der Waals surface area contributed by atoms with Gasteiger partial charge in [-0.05, 0) is 31.4 Å². The van der Waals surface area contributed by atoms with E-state index in [4.69, 9.17) is 17.3 Å². The van der Waals surface area contributed by atoms with E-state index in [1.807, 2.05) is 22.4 Å². The minimum atomic E-state index is 0. The van der Waals surface area contributed by atoms with E-state index in [1.165, 1.54) is 11.3 Å². The molecule has 3 heterocycles.